The van der Waals surface area contributed by atoms with Gasteiger partial charge in [0.05, 0.1) is 0 Å². The van der Waals surface area contributed by atoms with Crippen molar-refractivity contribution < 1.29 is 0 Å². The van der Waals surface area contributed by atoms with Crippen LogP contribution in [0.4, 0.5) is 0 Å². The number of hydrogen-bond donors (Lipinski definition) is 0. The van der Waals surface area contributed by atoms with Gasteiger partial charge in [0.25, 0.3) is 0 Å². The molecule has 0 rings (SSSR count). The molecule has 0 spiro atoms. The van der Waals surface area contributed by atoms with Gasteiger partial charge in [-0.15, -0.1) is 0 Å². The largest absolute Gasteiger partial charge is 0.0776 e. The van der Waals surface area contributed by atoms with E-state index in [-0.39, 0.29) is 29.7 Å². The van der Waals surface area contributed by atoms with Crippen molar-refractivity contribution in [1.29, 1.82) is 0 Å². The standard InChI is InChI=1S/2C5H12.2C3H8.4CH4/c2*1-3-5-4-2;2*1-3-2;;;;/h2*3-5H2,1-2H3;2*3H2,1-2H3;4*1H4. The van der Waals surface area contributed by atoms with E-state index in [9.17, 15) is 0 Å². The Kier molecular flexibility index (Phi) is 241. The Hall–Kier alpha value is 0. The van der Waals surface area contributed by atoms with E-state index >= 15 is 0 Å². The van der Waals surface area contributed by atoms with Crippen LogP contribution in [0.5, 0.6) is 0 Å². The summed E-state index contributed by atoms with van der Waals surface area (Å²) in [6, 6.07) is 0. The summed E-state index contributed by atoms with van der Waals surface area (Å²) in [5.41, 5.74) is 0. The van der Waals surface area contributed by atoms with E-state index in [1.165, 1.54) is 51.4 Å². The molecule has 0 aliphatic heterocycles. The predicted octanol–water partition coefficient (Wildman–Crippen LogP) is 9.77. The van der Waals surface area contributed by atoms with Crippen molar-refractivity contribution in [2.24, 2.45) is 0 Å². The molecule has 0 radical (unpaired) electrons. The highest BCUT2D eigenvalue weighted by Crippen LogP contribution is 1.88. The molecular formula is C20H56. The first-order valence-corrected chi connectivity index (χ1v) is 7.66. The van der Waals surface area contributed by atoms with E-state index in [2.05, 4.69) is 55.4 Å². The van der Waals surface area contributed by atoms with Gasteiger partial charge in [0.1, 0.15) is 0 Å². The molecule has 20 heavy (non-hydrogen) atoms. The van der Waals surface area contributed by atoms with Gasteiger partial charge in [-0.25, -0.2) is 0 Å². The minimum atomic E-state index is 0. The molecule has 0 unspecified atom stereocenters. The maximum Gasteiger partial charge on any atom is -0.0538 e. The number of rotatable bonds is 4. The van der Waals surface area contributed by atoms with Gasteiger partial charge in [-0.05, 0) is 0 Å². The van der Waals surface area contributed by atoms with Crippen LogP contribution in [0.25, 0.3) is 0 Å². The Morgan fingerprint density at radius 3 is 0.450 bits per heavy atom. The monoisotopic (exact) mass is 296 g/mol. The van der Waals surface area contributed by atoms with Gasteiger partial charge in [-0.1, -0.05) is 136 Å². The van der Waals surface area contributed by atoms with Crippen LogP contribution >= 0.6 is 0 Å². The second kappa shape index (κ2) is 96.2. The van der Waals surface area contributed by atoms with Gasteiger partial charge in [0.15, 0.2) is 0 Å². The topological polar surface area (TPSA) is 0 Å². The molecule has 0 nitrogen and oxygen atoms in total. The van der Waals surface area contributed by atoms with Gasteiger partial charge in [0.2, 0.25) is 0 Å². The summed E-state index contributed by atoms with van der Waals surface area (Å²) in [4.78, 5) is 0. The van der Waals surface area contributed by atoms with Gasteiger partial charge >= 0.3 is 0 Å². The lowest BCUT2D eigenvalue weighted by Crippen LogP contribution is -1.59. The molecule has 0 atom stereocenters. The fraction of sp³-hybridized carbons (Fsp3) is 1.00. The maximum absolute atomic E-state index is 2.21. The Labute approximate surface area is 137 Å². The first-order chi connectivity index (χ1) is 7.66. The molecule has 0 aromatic carbocycles. The van der Waals surface area contributed by atoms with E-state index in [4.69, 9.17) is 0 Å². The zero-order valence-electron chi connectivity index (χ0n) is 13.7. The summed E-state index contributed by atoms with van der Waals surface area (Å²) in [5.74, 6) is 0. The van der Waals surface area contributed by atoms with Gasteiger partial charge < -0.3 is 0 Å². The summed E-state index contributed by atoms with van der Waals surface area (Å²) in [5, 5.41) is 0. The molecule has 136 valence electrons. The lowest BCUT2D eigenvalue weighted by molar-refractivity contribution is 0.772. The summed E-state index contributed by atoms with van der Waals surface area (Å²) >= 11 is 0. The fourth-order valence-corrected chi connectivity index (χ4v) is 0.707. The Bertz CT molecular complexity index is 36.0. The number of hydrogen-bond acceptors (Lipinski definition) is 0. The first kappa shape index (κ1) is 50.1. The molecule has 0 aliphatic rings. The molecule has 0 saturated carbocycles. The zero-order valence-corrected chi connectivity index (χ0v) is 13.7. The molecule has 0 heterocycles. The first-order valence-electron chi connectivity index (χ1n) is 7.66. The second-order valence-corrected chi connectivity index (χ2v) is 4.12. The Balaban J connectivity index is -0.0000000154. The zero-order chi connectivity index (χ0) is 13.7. The van der Waals surface area contributed by atoms with Crippen molar-refractivity contribution in [1.82, 2.24) is 0 Å². The van der Waals surface area contributed by atoms with E-state index in [0.29, 0.717) is 0 Å². The maximum atomic E-state index is 2.21. The number of unbranched alkanes of at least 4 members (excludes halogenated alkanes) is 4. The molecule has 0 bridgehead atoms. The summed E-state index contributed by atoms with van der Waals surface area (Å²) in [6.07, 6.45) is 10.7. The van der Waals surface area contributed by atoms with Crippen LogP contribution in [-0.2, 0) is 0 Å². The summed E-state index contributed by atoms with van der Waals surface area (Å²) < 4.78 is 0. The van der Waals surface area contributed by atoms with Crippen LogP contribution in [0.1, 0.15) is 136 Å². The summed E-state index contributed by atoms with van der Waals surface area (Å²) in [6.45, 7) is 17.3. The van der Waals surface area contributed by atoms with Crippen LogP contribution in [0.3, 0.4) is 0 Å². The molecule has 0 saturated heterocycles. The third-order valence-corrected chi connectivity index (χ3v) is 1.41. The molecule has 0 fully saturated rings. The van der Waals surface area contributed by atoms with Crippen LogP contribution in [0, 0.1) is 0 Å². The highest BCUT2D eigenvalue weighted by atomic mass is 13.7. The van der Waals surface area contributed by atoms with E-state index in [1.54, 1.807) is 0 Å². The lowest BCUT2D eigenvalue weighted by Gasteiger charge is -1.79. The molecular weight excluding hydrogens is 240 g/mol. The SMILES string of the molecule is C.C.C.C.CCC.CCC.CCCCC.CCCCC. The third-order valence-electron chi connectivity index (χ3n) is 1.41. The average Bonchev–Trinajstić information content (AvgIpc) is 2.23. The molecule has 0 aromatic rings. The normalized spacial score (nSPS) is 6.00. The lowest BCUT2D eigenvalue weighted by atomic mass is 10.3. The highest BCUT2D eigenvalue weighted by molar-refractivity contribution is 4.24. The van der Waals surface area contributed by atoms with Crippen molar-refractivity contribution in [3.63, 3.8) is 0 Å². The average molecular weight is 297 g/mol. The van der Waals surface area contributed by atoms with Gasteiger partial charge in [0, 0.05) is 0 Å². The van der Waals surface area contributed by atoms with Crippen LogP contribution in [-0.4, -0.2) is 0 Å². The predicted molar refractivity (Wildman–Crippen MR) is 109 cm³/mol. The molecule has 0 N–H and O–H groups in total. The second-order valence-electron chi connectivity index (χ2n) is 4.12. The Morgan fingerprint density at radius 2 is 0.450 bits per heavy atom. The van der Waals surface area contributed by atoms with E-state index in [0.717, 1.165) is 0 Å². The smallest absolute Gasteiger partial charge is 0.0538 e. The molecule has 0 amide bonds. The van der Waals surface area contributed by atoms with Crippen molar-refractivity contribution in [2.75, 3.05) is 0 Å². The molecule has 0 aliphatic carbocycles. The molecule has 0 aromatic heterocycles. The van der Waals surface area contributed by atoms with Crippen molar-refractivity contribution >= 4 is 0 Å². The van der Waals surface area contributed by atoms with Crippen LogP contribution < -0.4 is 0 Å². The third kappa shape index (κ3) is 325. The van der Waals surface area contributed by atoms with Gasteiger partial charge in [-0.3, -0.25) is 0 Å². The van der Waals surface area contributed by atoms with Gasteiger partial charge in [-0.2, -0.15) is 0 Å². The minimum Gasteiger partial charge on any atom is -0.0776 e. The highest BCUT2D eigenvalue weighted by Gasteiger charge is 1.68. The van der Waals surface area contributed by atoms with Crippen LogP contribution in [0.2, 0.25) is 0 Å². The van der Waals surface area contributed by atoms with Crippen molar-refractivity contribution in [3.8, 4) is 0 Å². The minimum absolute atomic E-state index is 0. The van der Waals surface area contributed by atoms with Crippen LogP contribution in [0.15, 0.2) is 0 Å². The van der Waals surface area contributed by atoms with Crippen molar-refractivity contribution in [3.05, 3.63) is 0 Å². The van der Waals surface area contributed by atoms with E-state index in [1.807, 2.05) is 0 Å². The van der Waals surface area contributed by atoms with E-state index < -0.39 is 0 Å². The quantitative estimate of drug-likeness (QED) is 0.484. The molecule has 0 heteroatoms. The Morgan fingerprint density at radius 1 is 0.350 bits per heavy atom. The van der Waals surface area contributed by atoms with Crippen molar-refractivity contribution in [2.45, 2.75) is 136 Å². The fourth-order valence-electron chi connectivity index (χ4n) is 0.707. The summed E-state index contributed by atoms with van der Waals surface area (Å²) in [7, 11) is 0.